The molecule has 31 heavy (non-hydrogen) atoms. The first-order valence-electron chi connectivity index (χ1n) is 9.79. The number of hydrogen-bond donors (Lipinski definition) is 1. The van der Waals surface area contributed by atoms with Crippen molar-refractivity contribution in [3.63, 3.8) is 0 Å². The lowest BCUT2D eigenvalue weighted by Crippen LogP contribution is -2.13. The zero-order valence-corrected chi connectivity index (χ0v) is 18.1. The van der Waals surface area contributed by atoms with Crippen molar-refractivity contribution in [2.24, 2.45) is 0 Å². The Bertz CT molecular complexity index is 1130. The molecule has 2 aromatic carbocycles. The molecule has 156 valence electrons. The van der Waals surface area contributed by atoms with E-state index in [2.05, 4.69) is 29.7 Å². The molecule has 0 amide bonds. The molecule has 0 saturated carbocycles. The second kappa shape index (κ2) is 9.14. The molecule has 0 spiro atoms. The smallest absolute Gasteiger partial charge is 0.328 e. The average Bonchev–Trinajstić information content (AvgIpc) is 2.82. The van der Waals surface area contributed by atoms with Gasteiger partial charge in [0.25, 0.3) is 0 Å². The topological polar surface area (TPSA) is 55.8 Å². The molecule has 4 nitrogen and oxygen atoms in total. The summed E-state index contributed by atoms with van der Waals surface area (Å²) in [6, 6.07) is 16.0. The Hall–Kier alpha value is -3.44. The lowest BCUT2D eigenvalue weighted by atomic mass is 9.86. The quantitative estimate of drug-likeness (QED) is 0.587. The Balaban J connectivity index is 1.78. The highest BCUT2D eigenvalue weighted by atomic mass is 32.2. The summed E-state index contributed by atoms with van der Waals surface area (Å²) in [6.07, 6.45) is 8.99. The molecule has 1 unspecified atom stereocenters. The van der Waals surface area contributed by atoms with Crippen molar-refractivity contribution in [1.82, 2.24) is 0 Å². The summed E-state index contributed by atoms with van der Waals surface area (Å²) in [4.78, 5) is 10.8. The minimum absolute atomic E-state index is 0.170. The summed E-state index contributed by atoms with van der Waals surface area (Å²) in [5.74, 6) is 0.717. The van der Waals surface area contributed by atoms with Crippen molar-refractivity contribution in [3.8, 4) is 5.75 Å². The maximum atomic E-state index is 10.8. The van der Waals surface area contributed by atoms with E-state index >= 15 is 0 Å². The number of thioether (sulfide) groups is 1. The Kier molecular flexibility index (Phi) is 6.14. The van der Waals surface area contributed by atoms with Crippen molar-refractivity contribution in [2.45, 2.75) is 5.25 Å². The van der Waals surface area contributed by atoms with E-state index in [1.807, 2.05) is 42.5 Å². The number of benzene rings is 2. The fraction of sp³-hybridized carbons (Fsp3) is 0.115. The van der Waals surface area contributed by atoms with Crippen LogP contribution in [0.3, 0.4) is 0 Å². The predicted octanol–water partition coefficient (Wildman–Crippen LogP) is 5.80. The van der Waals surface area contributed by atoms with Gasteiger partial charge >= 0.3 is 5.97 Å². The summed E-state index contributed by atoms with van der Waals surface area (Å²) < 4.78 is 10.7. The average molecular weight is 431 g/mol. The first-order chi connectivity index (χ1) is 15.1. The molecule has 2 aromatic rings. The van der Waals surface area contributed by atoms with Gasteiger partial charge in [0.2, 0.25) is 0 Å². The van der Waals surface area contributed by atoms with Gasteiger partial charge in [-0.25, -0.2) is 4.79 Å². The molecule has 1 atom stereocenters. The molecular formula is C26H22O4S. The fourth-order valence-corrected chi connectivity index (χ4v) is 4.72. The first-order valence-corrected chi connectivity index (χ1v) is 10.7. The molecule has 0 bridgehead atoms. The number of methoxy groups -OCH3 is 2. The number of rotatable bonds is 6. The molecule has 2 aliphatic rings. The number of carboxylic acid groups (broad SMARTS) is 1. The highest BCUT2D eigenvalue weighted by molar-refractivity contribution is 8.03. The maximum Gasteiger partial charge on any atom is 0.328 e. The van der Waals surface area contributed by atoms with E-state index in [4.69, 9.17) is 14.6 Å². The van der Waals surface area contributed by atoms with Gasteiger partial charge in [0.05, 0.1) is 19.5 Å². The van der Waals surface area contributed by atoms with E-state index in [-0.39, 0.29) is 5.25 Å². The van der Waals surface area contributed by atoms with Crippen LogP contribution in [0, 0.1) is 0 Å². The van der Waals surface area contributed by atoms with Crippen LogP contribution in [0.1, 0.15) is 16.7 Å². The number of aliphatic carboxylic acids is 1. The van der Waals surface area contributed by atoms with Gasteiger partial charge in [-0.2, -0.15) is 0 Å². The zero-order chi connectivity index (χ0) is 21.8. The molecule has 0 saturated heterocycles. The van der Waals surface area contributed by atoms with Crippen LogP contribution >= 0.6 is 11.8 Å². The van der Waals surface area contributed by atoms with E-state index in [0.29, 0.717) is 0 Å². The van der Waals surface area contributed by atoms with Crippen LogP contribution in [0.4, 0.5) is 0 Å². The molecule has 4 rings (SSSR count). The summed E-state index contributed by atoms with van der Waals surface area (Å²) in [5, 5.41) is 11.2. The van der Waals surface area contributed by atoms with Gasteiger partial charge in [0, 0.05) is 6.08 Å². The lowest BCUT2D eigenvalue weighted by Gasteiger charge is -2.28. The van der Waals surface area contributed by atoms with Crippen LogP contribution in [0.5, 0.6) is 5.75 Å². The monoisotopic (exact) mass is 430 g/mol. The Morgan fingerprint density at radius 2 is 1.68 bits per heavy atom. The minimum atomic E-state index is -0.959. The highest BCUT2D eigenvalue weighted by Gasteiger charge is 2.26. The molecule has 0 aromatic heterocycles. The van der Waals surface area contributed by atoms with Crippen molar-refractivity contribution in [1.29, 1.82) is 0 Å². The zero-order valence-electron chi connectivity index (χ0n) is 17.2. The summed E-state index contributed by atoms with van der Waals surface area (Å²) in [7, 11) is 3.34. The second-order valence-electron chi connectivity index (χ2n) is 7.05. The molecular weight excluding hydrogens is 408 g/mol. The van der Waals surface area contributed by atoms with Gasteiger partial charge in [-0.1, -0.05) is 42.5 Å². The van der Waals surface area contributed by atoms with Gasteiger partial charge in [-0.3, -0.25) is 0 Å². The maximum absolute atomic E-state index is 10.8. The van der Waals surface area contributed by atoms with E-state index in [1.54, 1.807) is 32.1 Å². The number of allylic oxidation sites excluding steroid dienone is 4. The molecule has 1 heterocycles. The Morgan fingerprint density at radius 3 is 2.32 bits per heavy atom. The van der Waals surface area contributed by atoms with Gasteiger partial charge in [-0.15, -0.1) is 11.8 Å². The number of hydrogen-bond acceptors (Lipinski definition) is 4. The number of carboxylic acids is 1. The van der Waals surface area contributed by atoms with Crippen LogP contribution < -0.4 is 4.74 Å². The lowest BCUT2D eigenvalue weighted by molar-refractivity contribution is -0.131. The predicted molar refractivity (Wildman–Crippen MR) is 127 cm³/mol. The van der Waals surface area contributed by atoms with E-state index in [9.17, 15) is 4.79 Å². The Labute approximate surface area is 185 Å². The fourth-order valence-electron chi connectivity index (χ4n) is 3.62. The third-order valence-corrected chi connectivity index (χ3v) is 6.25. The van der Waals surface area contributed by atoms with Crippen molar-refractivity contribution < 1.29 is 19.4 Å². The largest absolute Gasteiger partial charge is 0.497 e. The molecule has 5 heteroatoms. The van der Waals surface area contributed by atoms with Gasteiger partial charge in [0.15, 0.2) is 0 Å². The number of ether oxygens (including phenoxy) is 2. The highest BCUT2D eigenvalue weighted by Crippen LogP contribution is 2.46. The first kappa shape index (κ1) is 20.8. The SMILES string of the molecule is COC1=CC2SC=C(c3ccc(OC)cc3)C(c3ccc(/C=C/C(=O)O)cc3)=C2C=C1. The standard InChI is InChI=1S/C26H22O4S/c1-29-20-10-8-18(9-11-20)23-16-31-24-15-21(30-2)12-13-22(24)26(23)19-6-3-17(4-7-19)5-14-25(27)28/h3-16,24H,1-2H3,(H,27,28)/b14-5+. The minimum Gasteiger partial charge on any atom is -0.497 e. The third kappa shape index (κ3) is 4.52. The van der Waals surface area contributed by atoms with Crippen LogP contribution in [0.2, 0.25) is 0 Å². The van der Waals surface area contributed by atoms with Crippen molar-refractivity contribution in [2.75, 3.05) is 14.2 Å². The van der Waals surface area contributed by atoms with Crippen molar-refractivity contribution >= 4 is 35.0 Å². The molecule has 0 fully saturated rings. The van der Waals surface area contributed by atoms with Crippen LogP contribution in [-0.4, -0.2) is 30.5 Å². The molecule has 0 radical (unpaired) electrons. The summed E-state index contributed by atoms with van der Waals surface area (Å²) in [6.45, 7) is 0. The molecule has 1 N–H and O–H groups in total. The number of fused-ring (bicyclic) bond motifs is 1. The van der Waals surface area contributed by atoms with Gasteiger partial charge in [-0.05, 0) is 69.2 Å². The van der Waals surface area contributed by atoms with Crippen LogP contribution in [-0.2, 0) is 9.53 Å². The summed E-state index contributed by atoms with van der Waals surface area (Å²) >= 11 is 1.76. The second-order valence-corrected chi connectivity index (χ2v) is 8.06. The molecule has 1 aliphatic heterocycles. The van der Waals surface area contributed by atoms with Crippen LogP contribution in [0.25, 0.3) is 17.2 Å². The molecule has 1 aliphatic carbocycles. The number of carbonyl (C=O) groups is 1. The van der Waals surface area contributed by atoms with E-state index in [1.165, 1.54) is 5.57 Å². The van der Waals surface area contributed by atoms with Gasteiger partial charge in [0.1, 0.15) is 11.5 Å². The van der Waals surface area contributed by atoms with E-state index < -0.39 is 5.97 Å². The van der Waals surface area contributed by atoms with Crippen LogP contribution in [0.15, 0.2) is 89.6 Å². The van der Waals surface area contributed by atoms with E-state index in [0.717, 1.165) is 45.4 Å². The normalized spacial score (nSPS) is 17.8. The van der Waals surface area contributed by atoms with Gasteiger partial charge < -0.3 is 14.6 Å². The Morgan fingerprint density at radius 1 is 0.968 bits per heavy atom. The third-order valence-electron chi connectivity index (χ3n) is 5.19. The van der Waals surface area contributed by atoms with Crippen molar-refractivity contribution in [3.05, 3.63) is 106 Å². The summed E-state index contributed by atoms with van der Waals surface area (Å²) in [5.41, 5.74) is 6.55.